The van der Waals surface area contributed by atoms with Gasteiger partial charge in [-0.1, -0.05) is 26.0 Å². The molecule has 17 heavy (non-hydrogen) atoms. The number of H-pyrrole nitrogens is 1. The Kier molecular flexibility index (Phi) is 2.40. The van der Waals surface area contributed by atoms with Crippen molar-refractivity contribution in [3.8, 4) is 0 Å². The van der Waals surface area contributed by atoms with Gasteiger partial charge >= 0.3 is 0 Å². The van der Waals surface area contributed by atoms with Gasteiger partial charge in [-0.3, -0.25) is 0 Å². The maximum atomic E-state index is 3.48. The number of benzene rings is 2. The monoisotopic (exact) mass is 223 g/mol. The molecule has 1 N–H and O–H groups in total. The normalized spacial score (nSPS) is 11.4. The molecule has 0 atom stereocenters. The van der Waals surface area contributed by atoms with Crippen LogP contribution in [0, 0.1) is 0 Å². The van der Waals surface area contributed by atoms with E-state index in [4.69, 9.17) is 0 Å². The Morgan fingerprint density at radius 2 is 1.24 bits per heavy atom. The fourth-order valence-electron chi connectivity index (χ4n) is 2.43. The largest absolute Gasteiger partial charge is 0.355 e. The first-order chi connectivity index (χ1) is 8.31. The molecular weight excluding hydrogens is 206 g/mol. The van der Waals surface area contributed by atoms with E-state index < -0.39 is 0 Å². The second kappa shape index (κ2) is 3.92. The molecule has 0 radical (unpaired) electrons. The van der Waals surface area contributed by atoms with Crippen LogP contribution in [0.2, 0.25) is 0 Å². The van der Waals surface area contributed by atoms with Crippen molar-refractivity contribution < 1.29 is 0 Å². The maximum Gasteiger partial charge on any atom is 0.0465 e. The highest BCUT2D eigenvalue weighted by Crippen LogP contribution is 2.27. The molecule has 0 aliphatic carbocycles. The van der Waals surface area contributed by atoms with E-state index in [1.165, 1.54) is 32.9 Å². The van der Waals surface area contributed by atoms with Gasteiger partial charge in [0.25, 0.3) is 0 Å². The minimum atomic E-state index is 1.09. The topological polar surface area (TPSA) is 15.8 Å². The summed E-state index contributed by atoms with van der Waals surface area (Å²) in [6.45, 7) is 4.40. The summed E-state index contributed by atoms with van der Waals surface area (Å²) in [5, 5.41) is 2.71. The predicted octanol–water partition coefficient (Wildman–Crippen LogP) is 4.45. The van der Waals surface area contributed by atoms with E-state index in [9.17, 15) is 0 Å². The molecule has 1 nitrogen and oxygen atoms in total. The van der Waals surface area contributed by atoms with Gasteiger partial charge < -0.3 is 4.98 Å². The first-order valence-electron chi connectivity index (χ1n) is 6.35. The van der Waals surface area contributed by atoms with Gasteiger partial charge in [-0.2, -0.15) is 0 Å². The van der Waals surface area contributed by atoms with Gasteiger partial charge in [0.1, 0.15) is 0 Å². The van der Waals surface area contributed by atoms with Crippen LogP contribution in [0.1, 0.15) is 25.0 Å². The average molecular weight is 223 g/mol. The van der Waals surface area contributed by atoms with Crippen LogP contribution in [0.3, 0.4) is 0 Å². The van der Waals surface area contributed by atoms with Gasteiger partial charge in [-0.15, -0.1) is 0 Å². The summed E-state index contributed by atoms with van der Waals surface area (Å²) in [4.78, 5) is 3.48. The fraction of sp³-hybridized carbons (Fsp3) is 0.250. The van der Waals surface area contributed by atoms with Gasteiger partial charge in [0.2, 0.25) is 0 Å². The zero-order valence-electron chi connectivity index (χ0n) is 10.4. The SMILES string of the molecule is CCc1ccc2[nH]c3ccc(CC)cc3c2c1. The first-order valence-corrected chi connectivity index (χ1v) is 6.35. The van der Waals surface area contributed by atoms with E-state index in [1.807, 2.05) is 0 Å². The number of hydrogen-bond donors (Lipinski definition) is 1. The molecular formula is C16H17N. The first kappa shape index (κ1) is 10.4. The Bertz CT molecular complexity index is 618. The van der Waals surface area contributed by atoms with E-state index in [-0.39, 0.29) is 0 Å². The number of fused-ring (bicyclic) bond motifs is 3. The summed E-state index contributed by atoms with van der Waals surface area (Å²) in [5.41, 5.74) is 5.29. The van der Waals surface area contributed by atoms with E-state index in [2.05, 4.69) is 55.2 Å². The van der Waals surface area contributed by atoms with Crippen LogP contribution in [-0.2, 0) is 12.8 Å². The van der Waals surface area contributed by atoms with Crippen molar-refractivity contribution in [2.75, 3.05) is 0 Å². The number of rotatable bonds is 2. The molecule has 0 saturated carbocycles. The molecule has 0 saturated heterocycles. The lowest BCUT2D eigenvalue weighted by atomic mass is 10.1. The summed E-state index contributed by atoms with van der Waals surface area (Å²) < 4.78 is 0. The van der Waals surface area contributed by atoms with Crippen LogP contribution in [-0.4, -0.2) is 4.98 Å². The molecule has 1 heteroatoms. The van der Waals surface area contributed by atoms with E-state index in [0.29, 0.717) is 0 Å². The lowest BCUT2D eigenvalue weighted by Crippen LogP contribution is -1.79. The molecule has 0 aliphatic heterocycles. The molecule has 86 valence electrons. The predicted molar refractivity (Wildman–Crippen MR) is 74.6 cm³/mol. The minimum absolute atomic E-state index is 1.09. The van der Waals surface area contributed by atoms with Crippen molar-refractivity contribution in [2.24, 2.45) is 0 Å². The summed E-state index contributed by atoms with van der Waals surface area (Å²) in [6, 6.07) is 13.4. The van der Waals surface area contributed by atoms with Crippen LogP contribution < -0.4 is 0 Å². The Hall–Kier alpha value is -1.76. The second-order valence-corrected chi connectivity index (χ2v) is 4.59. The van der Waals surface area contributed by atoms with Crippen molar-refractivity contribution >= 4 is 21.8 Å². The van der Waals surface area contributed by atoms with Crippen molar-refractivity contribution in [2.45, 2.75) is 26.7 Å². The smallest absolute Gasteiger partial charge is 0.0465 e. The van der Waals surface area contributed by atoms with Crippen molar-refractivity contribution in [1.82, 2.24) is 4.98 Å². The van der Waals surface area contributed by atoms with Crippen LogP contribution in [0.15, 0.2) is 36.4 Å². The Labute approximate surface area is 101 Å². The van der Waals surface area contributed by atoms with E-state index in [1.54, 1.807) is 0 Å². The average Bonchev–Trinajstić information content (AvgIpc) is 2.75. The lowest BCUT2D eigenvalue weighted by Gasteiger charge is -1.98. The quantitative estimate of drug-likeness (QED) is 0.660. The highest BCUT2D eigenvalue weighted by Gasteiger charge is 2.05. The van der Waals surface area contributed by atoms with Crippen LogP contribution in [0.4, 0.5) is 0 Å². The molecule has 0 amide bonds. The number of hydrogen-bond acceptors (Lipinski definition) is 0. The number of aromatic nitrogens is 1. The molecule has 3 rings (SSSR count). The van der Waals surface area contributed by atoms with Crippen LogP contribution in [0.25, 0.3) is 21.8 Å². The van der Waals surface area contributed by atoms with Gasteiger partial charge in [0.15, 0.2) is 0 Å². The zero-order valence-corrected chi connectivity index (χ0v) is 10.4. The third kappa shape index (κ3) is 1.62. The van der Waals surface area contributed by atoms with Gasteiger partial charge in [-0.25, -0.2) is 0 Å². The molecule has 0 aliphatic rings. The lowest BCUT2D eigenvalue weighted by molar-refractivity contribution is 1.14. The maximum absolute atomic E-state index is 3.48. The van der Waals surface area contributed by atoms with Crippen LogP contribution in [0.5, 0.6) is 0 Å². The van der Waals surface area contributed by atoms with E-state index in [0.717, 1.165) is 12.8 Å². The van der Waals surface area contributed by atoms with E-state index >= 15 is 0 Å². The number of aromatic amines is 1. The molecule has 1 aromatic heterocycles. The Morgan fingerprint density at radius 1 is 0.765 bits per heavy atom. The van der Waals surface area contributed by atoms with Crippen molar-refractivity contribution in [3.05, 3.63) is 47.5 Å². The number of nitrogens with one attached hydrogen (secondary N) is 1. The standard InChI is InChI=1S/C16H17N/c1-3-11-5-7-15-13(9-11)14-10-12(4-2)6-8-16(14)17-15/h5-10,17H,3-4H2,1-2H3. The summed E-state index contributed by atoms with van der Waals surface area (Å²) in [5.74, 6) is 0. The highest BCUT2D eigenvalue weighted by molar-refractivity contribution is 6.07. The van der Waals surface area contributed by atoms with Gasteiger partial charge in [0, 0.05) is 21.8 Å². The minimum Gasteiger partial charge on any atom is -0.355 e. The Balaban J connectivity index is 2.37. The third-order valence-corrected chi connectivity index (χ3v) is 3.54. The zero-order chi connectivity index (χ0) is 11.8. The van der Waals surface area contributed by atoms with Crippen molar-refractivity contribution in [3.63, 3.8) is 0 Å². The van der Waals surface area contributed by atoms with Gasteiger partial charge in [-0.05, 0) is 48.2 Å². The second-order valence-electron chi connectivity index (χ2n) is 4.59. The highest BCUT2D eigenvalue weighted by atomic mass is 14.7. The fourth-order valence-corrected chi connectivity index (χ4v) is 2.43. The molecule has 1 heterocycles. The molecule has 0 bridgehead atoms. The molecule has 0 fully saturated rings. The van der Waals surface area contributed by atoms with Crippen LogP contribution >= 0.6 is 0 Å². The third-order valence-electron chi connectivity index (χ3n) is 3.54. The molecule has 0 unspecified atom stereocenters. The van der Waals surface area contributed by atoms with Crippen molar-refractivity contribution in [1.29, 1.82) is 0 Å². The summed E-state index contributed by atoms with van der Waals surface area (Å²) in [6.07, 6.45) is 2.19. The molecule has 2 aromatic carbocycles. The summed E-state index contributed by atoms with van der Waals surface area (Å²) in [7, 11) is 0. The van der Waals surface area contributed by atoms with Gasteiger partial charge in [0.05, 0.1) is 0 Å². The molecule has 3 aromatic rings. The summed E-state index contributed by atoms with van der Waals surface area (Å²) >= 11 is 0. The molecule has 0 spiro atoms. The number of aryl methyl sites for hydroxylation is 2. The Morgan fingerprint density at radius 3 is 1.65 bits per heavy atom.